The summed E-state index contributed by atoms with van der Waals surface area (Å²) in [5.41, 5.74) is 0. The molecule has 0 aromatic heterocycles. The predicted octanol–water partition coefficient (Wildman–Crippen LogP) is 1.30. The number of halogens is 1. The summed E-state index contributed by atoms with van der Waals surface area (Å²) >= 11 is 5.69. The SMILES string of the molecule is [2H]N1C(Cl)=CN(CC)C1C. The van der Waals surface area contributed by atoms with Gasteiger partial charge < -0.3 is 10.2 Å². The van der Waals surface area contributed by atoms with E-state index in [9.17, 15) is 0 Å². The van der Waals surface area contributed by atoms with E-state index in [-0.39, 0.29) is 6.17 Å². The van der Waals surface area contributed by atoms with Crippen LogP contribution in [0.25, 0.3) is 0 Å². The topological polar surface area (TPSA) is 15.3 Å². The molecule has 52 valence electrons. The molecule has 0 saturated carbocycles. The molecule has 0 amide bonds. The molecule has 1 rings (SSSR count). The van der Waals surface area contributed by atoms with Crippen molar-refractivity contribution in [2.45, 2.75) is 20.0 Å². The Morgan fingerprint density at radius 3 is 3.00 bits per heavy atom. The Morgan fingerprint density at radius 2 is 2.78 bits per heavy atom. The van der Waals surface area contributed by atoms with Crippen LogP contribution in [0.4, 0.5) is 0 Å². The van der Waals surface area contributed by atoms with E-state index >= 15 is 0 Å². The van der Waals surface area contributed by atoms with Crippen LogP contribution in [0.3, 0.4) is 0 Å². The normalized spacial score (nSPS) is 28.6. The van der Waals surface area contributed by atoms with Crippen molar-refractivity contribution in [1.82, 2.24) is 10.2 Å². The Morgan fingerprint density at radius 1 is 2.11 bits per heavy atom. The highest BCUT2D eigenvalue weighted by Gasteiger charge is 2.15. The third-order valence-electron chi connectivity index (χ3n) is 1.43. The van der Waals surface area contributed by atoms with Gasteiger partial charge in [0.1, 0.15) is 5.16 Å². The number of hydrogen-bond acceptors (Lipinski definition) is 2. The van der Waals surface area contributed by atoms with E-state index in [1.54, 1.807) is 6.20 Å². The van der Waals surface area contributed by atoms with Gasteiger partial charge in [0, 0.05) is 12.7 Å². The number of nitrogens with one attached hydrogen (secondary N) is 1. The highest BCUT2D eigenvalue weighted by molar-refractivity contribution is 6.29. The second-order valence-corrected chi connectivity index (χ2v) is 2.43. The molecule has 0 bridgehead atoms. The van der Waals surface area contributed by atoms with Crippen LogP contribution in [0.5, 0.6) is 0 Å². The molecule has 1 aliphatic heterocycles. The average molecular weight is 148 g/mol. The van der Waals surface area contributed by atoms with Crippen molar-refractivity contribution in [1.29, 1.82) is 0 Å². The first-order valence-electron chi connectivity index (χ1n) is 3.52. The summed E-state index contributed by atoms with van der Waals surface area (Å²) in [5, 5.41) is 1.79. The third-order valence-corrected chi connectivity index (χ3v) is 1.62. The third kappa shape index (κ3) is 1.30. The molecule has 1 N–H and O–H groups in total. The lowest BCUT2D eigenvalue weighted by Gasteiger charge is -2.18. The van der Waals surface area contributed by atoms with E-state index in [0.29, 0.717) is 5.16 Å². The fourth-order valence-corrected chi connectivity index (χ4v) is 1.15. The highest BCUT2D eigenvalue weighted by atomic mass is 35.5. The lowest BCUT2D eigenvalue weighted by Crippen LogP contribution is -2.32. The van der Waals surface area contributed by atoms with Crippen LogP contribution in [-0.2, 0) is 0 Å². The minimum Gasteiger partial charge on any atom is -0.355 e. The molecule has 0 fully saturated rings. The summed E-state index contributed by atoms with van der Waals surface area (Å²) in [5.74, 6) is 0. The molecule has 0 saturated heterocycles. The lowest BCUT2D eigenvalue weighted by atomic mass is 10.5. The van der Waals surface area contributed by atoms with Crippen LogP contribution < -0.4 is 5.31 Å². The average Bonchev–Trinajstić information content (AvgIpc) is 2.17. The minimum absolute atomic E-state index is 0.0810. The molecule has 1 atom stereocenters. The molecule has 1 unspecified atom stereocenters. The van der Waals surface area contributed by atoms with Gasteiger partial charge in [-0.1, -0.05) is 11.6 Å². The van der Waals surface area contributed by atoms with Crippen LogP contribution in [-0.4, -0.2) is 17.6 Å². The Labute approximate surface area is 61.9 Å². The molecule has 1 aliphatic rings. The van der Waals surface area contributed by atoms with Crippen molar-refractivity contribution >= 4 is 11.6 Å². The van der Waals surface area contributed by atoms with E-state index in [4.69, 9.17) is 13.0 Å². The summed E-state index contributed by atoms with van der Waals surface area (Å²) in [7, 11) is 0. The van der Waals surface area contributed by atoms with E-state index in [2.05, 4.69) is 0 Å². The van der Waals surface area contributed by atoms with Crippen LogP contribution in [0.1, 0.15) is 13.8 Å². The molecule has 9 heavy (non-hydrogen) atoms. The van der Waals surface area contributed by atoms with Gasteiger partial charge in [-0.3, -0.25) is 0 Å². The van der Waals surface area contributed by atoms with Gasteiger partial charge in [0.25, 0.3) is 0 Å². The van der Waals surface area contributed by atoms with Crippen molar-refractivity contribution in [3.05, 3.63) is 11.4 Å². The highest BCUT2D eigenvalue weighted by Crippen LogP contribution is 2.11. The van der Waals surface area contributed by atoms with Crippen LogP contribution in [0.15, 0.2) is 11.4 Å². The van der Waals surface area contributed by atoms with Gasteiger partial charge in [-0.05, 0) is 13.8 Å². The standard InChI is InChI=1S/C6H11ClN2/c1-3-9-4-6(7)8-5(9)2/h4-5,8H,3H2,1-2H3/i/hD. The van der Waals surface area contributed by atoms with Crippen molar-refractivity contribution in [3.8, 4) is 0 Å². The number of rotatable bonds is 1. The fourth-order valence-electron chi connectivity index (χ4n) is 0.886. The molecule has 2 nitrogen and oxygen atoms in total. The molecule has 0 spiro atoms. The summed E-state index contributed by atoms with van der Waals surface area (Å²) in [4.78, 5) is 2.01. The molecule has 0 aromatic carbocycles. The molecular formula is C6H11ClN2. The Bertz CT molecular complexity index is 160. The first-order valence-corrected chi connectivity index (χ1v) is 3.45. The number of nitrogens with zero attached hydrogens (tertiary/aromatic N) is 1. The summed E-state index contributed by atoms with van der Waals surface area (Å²) in [6.45, 7) is 4.88. The molecule has 3 heteroatoms. The largest absolute Gasteiger partial charge is 0.355 e. The maximum absolute atomic E-state index is 7.37. The Hall–Kier alpha value is -0.370. The van der Waals surface area contributed by atoms with Gasteiger partial charge in [-0.2, -0.15) is 0 Å². The van der Waals surface area contributed by atoms with Gasteiger partial charge >= 0.3 is 0 Å². The van der Waals surface area contributed by atoms with Crippen LogP contribution in [0, 0.1) is 0 Å². The van der Waals surface area contributed by atoms with E-state index < -0.39 is 0 Å². The fraction of sp³-hybridized carbons (Fsp3) is 0.667. The first-order chi connectivity index (χ1) is 4.66. The maximum Gasteiger partial charge on any atom is 0.163 e. The smallest absolute Gasteiger partial charge is 0.163 e. The summed E-state index contributed by atoms with van der Waals surface area (Å²) < 4.78 is 7.37. The second-order valence-electron chi connectivity index (χ2n) is 2.04. The van der Waals surface area contributed by atoms with Crippen molar-refractivity contribution in [2.75, 3.05) is 6.54 Å². The quantitative estimate of drug-likeness (QED) is 0.563. The first kappa shape index (κ1) is 5.42. The summed E-state index contributed by atoms with van der Waals surface area (Å²) in [6, 6.07) is 0. The Kier molecular flexibility index (Phi) is 1.49. The van der Waals surface area contributed by atoms with Crippen molar-refractivity contribution < 1.29 is 1.41 Å². The van der Waals surface area contributed by atoms with Crippen LogP contribution >= 0.6 is 11.6 Å². The molecule has 0 aliphatic carbocycles. The van der Waals surface area contributed by atoms with Crippen LogP contribution in [0.2, 0.25) is 1.41 Å². The van der Waals surface area contributed by atoms with Gasteiger partial charge in [0.2, 0.25) is 0 Å². The zero-order valence-corrected chi connectivity index (χ0v) is 6.39. The van der Waals surface area contributed by atoms with Gasteiger partial charge in [0.15, 0.2) is 1.41 Å². The minimum atomic E-state index is 0.0810. The predicted molar refractivity (Wildman–Crippen MR) is 38.9 cm³/mol. The molecule has 1 heterocycles. The van der Waals surface area contributed by atoms with E-state index in [0.717, 1.165) is 6.54 Å². The van der Waals surface area contributed by atoms with Gasteiger partial charge in [-0.15, -0.1) is 0 Å². The van der Waals surface area contributed by atoms with E-state index in [1.165, 1.54) is 5.31 Å². The van der Waals surface area contributed by atoms with Gasteiger partial charge in [0.05, 0.1) is 6.17 Å². The molecule has 0 aromatic rings. The second kappa shape index (κ2) is 2.48. The maximum atomic E-state index is 7.37. The zero-order valence-electron chi connectivity index (χ0n) is 6.63. The van der Waals surface area contributed by atoms with Crippen molar-refractivity contribution in [2.24, 2.45) is 0 Å². The van der Waals surface area contributed by atoms with Crippen molar-refractivity contribution in [3.63, 3.8) is 0 Å². The monoisotopic (exact) mass is 147 g/mol. The van der Waals surface area contributed by atoms with E-state index in [1.807, 2.05) is 18.7 Å². The molecular weight excluding hydrogens is 136 g/mol. The van der Waals surface area contributed by atoms with Gasteiger partial charge in [-0.25, -0.2) is 0 Å². The Balaban J connectivity index is 2.66. The number of hydrogen-bond donors (Lipinski definition) is 1. The molecule has 0 radical (unpaired) electrons. The zero-order chi connectivity index (χ0) is 7.72. The lowest BCUT2D eigenvalue weighted by molar-refractivity contribution is 0.312. The summed E-state index contributed by atoms with van der Waals surface area (Å²) in [6.07, 6.45) is 1.87.